The lowest BCUT2D eigenvalue weighted by Crippen LogP contribution is -2.57. The van der Waals surface area contributed by atoms with E-state index in [-0.39, 0.29) is 0 Å². The van der Waals surface area contributed by atoms with Crippen LogP contribution in [-0.2, 0) is 0 Å². The highest BCUT2D eigenvalue weighted by atomic mass is 15.0. The summed E-state index contributed by atoms with van der Waals surface area (Å²) in [5.74, 6) is 0. The average Bonchev–Trinajstić information content (AvgIpc) is 2.17. The highest BCUT2D eigenvalue weighted by Gasteiger charge is 2.52. The summed E-state index contributed by atoms with van der Waals surface area (Å²) in [6.45, 7) is 6.86. The number of fused-ring (bicyclic) bond motifs is 2. The topological polar surface area (TPSA) is 38.0 Å². The molecular weight excluding hydrogens is 136 g/mol. The van der Waals surface area contributed by atoms with Gasteiger partial charge in [-0.15, -0.1) is 0 Å². The summed E-state index contributed by atoms with van der Waals surface area (Å²) < 4.78 is 0. The first-order chi connectivity index (χ1) is 5.07. The Morgan fingerprint density at radius 2 is 1.64 bits per heavy atom. The van der Waals surface area contributed by atoms with E-state index in [9.17, 15) is 0 Å². The van der Waals surface area contributed by atoms with Crippen LogP contribution in [0.1, 0.15) is 26.7 Å². The summed E-state index contributed by atoms with van der Waals surface area (Å²) >= 11 is 0. The number of nitrogens with one attached hydrogen (secondary N) is 1. The molecule has 2 bridgehead atoms. The minimum atomic E-state index is 0.382. The molecule has 11 heavy (non-hydrogen) atoms. The van der Waals surface area contributed by atoms with E-state index in [1.54, 1.807) is 0 Å². The fourth-order valence-electron chi connectivity index (χ4n) is 2.75. The quantitative estimate of drug-likeness (QED) is 0.539. The molecule has 2 atom stereocenters. The summed E-state index contributed by atoms with van der Waals surface area (Å²) in [5.41, 5.74) is 6.98. The van der Waals surface area contributed by atoms with Crippen LogP contribution >= 0.6 is 0 Å². The predicted octanol–water partition coefficient (Wildman–Crippen LogP) is 0.723. The number of rotatable bonds is 0. The molecule has 2 heteroatoms. The van der Waals surface area contributed by atoms with E-state index in [1.165, 1.54) is 12.8 Å². The number of piperidine rings is 1. The molecule has 1 aliphatic heterocycles. The Kier molecular flexibility index (Phi) is 1.37. The van der Waals surface area contributed by atoms with Crippen molar-refractivity contribution in [1.29, 1.82) is 0 Å². The predicted molar refractivity (Wildman–Crippen MR) is 46.3 cm³/mol. The zero-order chi connectivity index (χ0) is 8.11. The Morgan fingerprint density at radius 1 is 1.18 bits per heavy atom. The lowest BCUT2D eigenvalue weighted by molar-refractivity contribution is 0.148. The molecule has 0 aromatic rings. The summed E-state index contributed by atoms with van der Waals surface area (Å²) in [6, 6.07) is 0.413. The minimum Gasteiger partial charge on any atom is -0.327 e. The summed E-state index contributed by atoms with van der Waals surface area (Å²) in [7, 11) is 0. The molecule has 0 radical (unpaired) electrons. The summed E-state index contributed by atoms with van der Waals surface area (Å²) in [5, 5.41) is 3.48. The Balaban J connectivity index is 2.30. The fourth-order valence-corrected chi connectivity index (χ4v) is 2.75. The molecule has 0 amide bonds. The Labute approximate surface area is 68.5 Å². The number of hydrogen-bond acceptors (Lipinski definition) is 2. The maximum Gasteiger partial charge on any atom is 0.0171 e. The molecule has 3 N–H and O–H groups in total. The highest BCUT2D eigenvalue weighted by molar-refractivity contribution is 5.08. The van der Waals surface area contributed by atoms with Crippen molar-refractivity contribution < 1.29 is 0 Å². The zero-order valence-electron chi connectivity index (χ0n) is 7.48. The van der Waals surface area contributed by atoms with Crippen molar-refractivity contribution in [2.45, 2.75) is 32.7 Å². The van der Waals surface area contributed by atoms with Gasteiger partial charge in [0.15, 0.2) is 0 Å². The second kappa shape index (κ2) is 1.99. The van der Waals surface area contributed by atoms with Crippen molar-refractivity contribution in [3.05, 3.63) is 0 Å². The van der Waals surface area contributed by atoms with Gasteiger partial charge in [-0.25, -0.2) is 0 Å². The van der Waals surface area contributed by atoms with Crippen LogP contribution in [0, 0.1) is 10.8 Å². The van der Waals surface area contributed by atoms with E-state index in [0.29, 0.717) is 16.9 Å². The molecule has 1 saturated heterocycles. The van der Waals surface area contributed by atoms with Crippen LogP contribution in [0.4, 0.5) is 0 Å². The first-order valence-electron chi connectivity index (χ1n) is 4.53. The Morgan fingerprint density at radius 3 is 2.00 bits per heavy atom. The Hall–Kier alpha value is -0.0800. The van der Waals surface area contributed by atoms with Crippen LogP contribution in [0.25, 0.3) is 0 Å². The lowest BCUT2D eigenvalue weighted by Gasteiger charge is -2.42. The molecule has 2 unspecified atom stereocenters. The zero-order valence-corrected chi connectivity index (χ0v) is 7.48. The van der Waals surface area contributed by atoms with Crippen LogP contribution in [-0.4, -0.2) is 19.1 Å². The average molecular weight is 154 g/mol. The van der Waals surface area contributed by atoms with Crippen molar-refractivity contribution >= 4 is 0 Å². The molecule has 1 aliphatic carbocycles. The summed E-state index contributed by atoms with van der Waals surface area (Å²) in [6.07, 6.45) is 2.61. The van der Waals surface area contributed by atoms with E-state index in [4.69, 9.17) is 5.73 Å². The third kappa shape index (κ3) is 0.859. The Bertz CT molecular complexity index is 162. The van der Waals surface area contributed by atoms with Gasteiger partial charge in [0.2, 0.25) is 0 Å². The van der Waals surface area contributed by atoms with Crippen LogP contribution in [0.3, 0.4) is 0 Å². The van der Waals surface area contributed by atoms with Gasteiger partial charge in [0.05, 0.1) is 0 Å². The van der Waals surface area contributed by atoms with Crippen LogP contribution in [0.15, 0.2) is 0 Å². The standard InChI is InChI=1S/C9H18N2/c1-8-3-4-9(2,7(8)10)6-11-5-8/h7,11H,3-6,10H2,1-2H3. The van der Waals surface area contributed by atoms with Gasteiger partial charge >= 0.3 is 0 Å². The summed E-state index contributed by atoms with van der Waals surface area (Å²) in [4.78, 5) is 0. The van der Waals surface area contributed by atoms with Gasteiger partial charge in [-0.2, -0.15) is 0 Å². The van der Waals surface area contributed by atoms with Crippen molar-refractivity contribution in [2.75, 3.05) is 13.1 Å². The van der Waals surface area contributed by atoms with E-state index in [2.05, 4.69) is 19.2 Å². The van der Waals surface area contributed by atoms with Gasteiger partial charge in [0, 0.05) is 19.1 Å². The maximum absolute atomic E-state index is 6.21. The van der Waals surface area contributed by atoms with Crippen molar-refractivity contribution in [1.82, 2.24) is 5.32 Å². The second-order valence-electron chi connectivity index (χ2n) is 4.89. The highest BCUT2D eigenvalue weighted by Crippen LogP contribution is 2.49. The third-order valence-electron chi connectivity index (χ3n) is 3.83. The van der Waals surface area contributed by atoms with Crippen LogP contribution in [0.2, 0.25) is 0 Å². The largest absolute Gasteiger partial charge is 0.327 e. The third-order valence-corrected chi connectivity index (χ3v) is 3.83. The molecule has 64 valence electrons. The first-order valence-corrected chi connectivity index (χ1v) is 4.53. The van der Waals surface area contributed by atoms with Gasteiger partial charge in [0.25, 0.3) is 0 Å². The maximum atomic E-state index is 6.21. The normalized spacial score (nSPS) is 56.5. The minimum absolute atomic E-state index is 0.382. The van der Waals surface area contributed by atoms with Gasteiger partial charge in [-0.3, -0.25) is 0 Å². The van der Waals surface area contributed by atoms with Crippen molar-refractivity contribution in [3.63, 3.8) is 0 Å². The van der Waals surface area contributed by atoms with E-state index in [1.807, 2.05) is 0 Å². The smallest absolute Gasteiger partial charge is 0.0171 e. The number of hydrogen-bond donors (Lipinski definition) is 2. The number of nitrogens with two attached hydrogens (primary N) is 1. The van der Waals surface area contributed by atoms with Gasteiger partial charge < -0.3 is 11.1 Å². The SMILES string of the molecule is CC12CCC(C)(CNC1)C2N. The molecule has 2 aliphatic rings. The molecule has 2 rings (SSSR count). The second-order valence-corrected chi connectivity index (χ2v) is 4.89. The van der Waals surface area contributed by atoms with Crippen LogP contribution < -0.4 is 11.1 Å². The molecule has 0 aromatic carbocycles. The van der Waals surface area contributed by atoms with E-state index in [0.717, 1.165) is 13.1 Å². The monoisotopic (exact) mass is 154 g/mol. The van der Waals surface area contributed by atoms with Crippen LogP contribution in [0.5, 0.6) is 0 Å². The molecule has 0 spiro atoms. The molecular formula is C9H18N2. The van der Waals surface area contributed by atoms with Crippen molar-refractivity contribution in [2.24, 2.45) is 16.6 Å². The van der Waals surface area contributed by atoms with E-state index < -0.39 is 0 Å². The first kappa shape index (κ1) is 7.56. The van der Waals surface area contributed by atoms with E-state index >= 15 is 0 Å². The molecule has 2 fully saturated rings. The van der Waals surface area contributed by atoms with Crippen molar-refractivity contribution in [3.8, 4) is 0 Å². The van der Waals surface area contributed by atoms with Gasteiger partial charge in [-0.1, -0.05) is 13.8 Å². The van der Waals surface area contributed by atoms with Gasteiger partial charge in [0.1, 0.15) is 0 Å². The molecule has 2 nitrogen and oxygen atoms in total. The fraction of sp³-hybridized carbons (Fsp3) is 1.00. The molecule has 1 heterocycles. The molecule has 0 aromatic heterocycles. The molecule has 1 saturated carbocycles. The van der Waals surface area contributed by atoms with Gasteiger partial charge in [-0.05, 0) is 23.7 Å². The lowest BCUT2D eigenvalue weighted by atomic mass is 9.74.